The number of alkyl halides is 6. The molecule has 8 nitrogen and oxygen atoms in total. The summed E-state index contributed by atoms with van der Waals surface area (Å²) < 4.78 is 90.6. The minimum absolute atomic E-state index is 0.0678. The van der Waals surface area contributed by atoms with Crippen LogP contribution in [0.1, 0.15) is 117 Å². The summed E-state index contributed by atoms with van der Waals surface area (Å²) in [4.78, 5) is 54.8. The molecule has 0 aliphatic carbocycles. The molecule has 0 spiro atoms. The molecule has 4 aromatic rings. The first-order valence-electron chi connectivity index (χ1n) is 16.8. The number of carbonyl (C=O) groups excluding carboxylic acids is 4. The maximum Gasteiger partial charge on any atom is 0.402 e. The van der Waals surface area contributed by atoms with Gasteiger partial charge in [-0.25, -0.2) is 4.90 Å². The Morgan fingerprint density at radius 2 is 0.907 bits per heavy atom. The lowest BCUT2D eigenvalue weighted by Gasteiger charge is -2.34. The number of halogens is 6. The van der Waals surface area contributed by atoms with E-state index in [2.05, 4.69) is 0 Å². The standard InChI is InChI=1S/C40H34F6N2O6/c1-19(2)27-15-23(9-13-31(27)49)38(6,40(44,45)46)24-10-14-32(50)30(18-24)48-34(52)26-12-8-22(17-29(26)36(48)54)37(5,39(41,42)43)21-7-11-25-28(16-21)35(53)47(20(3)4)33(25)51/h7-20,49-50H,1-6H3. The summed E-state index contributed by atoms with van der Waals surface area (Å²) in [5.74, 6) is -5.04. The molecule has 282 valence electrons. The third-order valence-corrected chi connectivity index (χ3v) is 10.6. The van der Waals surface area contributed by atoms with Crippen LogP contribution in [-0.4, -0.2) is 57.1 Å². The fraction of sp³-hybridized carbons (Fsp3) is 0.300. The van der Waals surface area contributed by atoms with Crippen LogP contribution in [0, 0.1) is 0 Å². The van der Waals surface area contributed by atoms with Gasteiger partial charge in [0.1, 0.15) is 22.3 Å². The van der Waals surface area contributed by atoms with Crippen molar-refractivity contribution >= 4 is 29.3 Å². The van der Waals surface area contributed by atoms with E-state index < -0.39 is 86.5 Å². The van der Waals surface area contributed by atoms with Gasteiger partial charge in [0, 0.05) is 6.04 Å². The summed E-state index contributed by atoms with van der Waals surface area (Å²) in [6, 6.07) is 11.6. The first kappa shape index (κ1) is 38.1. The molecule has 2 aliphatic rings. The van der Waals surface area contributed by atoms with Crippen molar-refractivity contribution in [2.45, 2.75) is 76.7 Å². The number of rotatable bonds is 7. The molecule has 4 amide bonds. The SMILES string of the molecule is CC(C)c1cc(C(C)(c2ccc(O)c(N3C(=O)c4ccc(C(C)(c5ccc6c(c5)C(=O)N(C(C)C)C6=O)C(F)(F)F)cc4C3=O)c2)C(F)(F)F)ccc1O. The van der Waals surface area contributed by atoms with Gasteiger partial charge in [-0.15, -0.1) is 0 Å². The number of carbonyl (C=O) groups is 4. The van der Waals surface area contributed by atoms with Crippen LogP contribution in [0.3, 0.4) is 0 Å². The second-order valence-corrected chi connectivity index (χ2v) is 14.4. The molecule has 0 saturated heterocycles. The minimum atomic E-state index is -5.05. The van der Waals surface area contributed by atoms with Gasteiger partial charge in [-0.3, -0.25) is 24.1 Å². The van der Waals surface area contributed by atoms with Crippen LogP contribution < -0.4 is 4.90 Å². The summed E-state index contributed by atoms with van der Waals surface area (Å²) in [5.41, 5.74) is -8.93. The van der Waals surface area contributed by atoms with Gasteiger partial charge in [0.2, 0.25) is 0 Å². The fourth-order valence-corrected chi connectivity index (χ4v) is 7.14. The number of hydrogen-bond acceptors (Lipinski definition) is 6. The molecule has 6 rings (SSSR count). The van der Waals surface area contributed by atoms with Crippen LogP contribution in [0.5, 0.6) is 11.5 Å². The third kappa shape index (κ3) is 5.44. The van der Waals surface area contributed by atoms with Crippen molar-refractivity contribution < 1.29 is 55.7 Å². The molecule has 0 bridgehead atoms. The zero-order valence-electron chi connectivity index (χ0n) is 29.8. The lowest BCUT2D eigenvalue weighted by Crippen LogP contribution is -2.41. The van der Waals surface area contributed by atoms with E-state index >= 15 is 26.3 Å². The zero-order valence-corrected chi connectivity index (χ0v) is 29.8. The van der Waals surface area contributed by atoms with E-state index in [-0.39, 0.29) is 39.5 Å². The molecule has 2 unspecified atom stereocenters. The second-order valence-electron chi connectivity index (χ2n) is 14.4. The summed E-state index contributed by atoms with van der Waals surface area (Å²) in [6.45, 7) is 8.22. The molecule has 2 atom stereocenters. The number of phenols is 2. The summed E-state index contributed by atoms with van der Waals surface area (Å²) in [5, 5.41) is 21.1. The van der Waals surface area contributed by atoms with Crippen LogP contribution >= 0.6 is 0 Å². The van der Waals surface area contributed by atoms with Gasteiger partial charge in [-0.1, -0.05) is 44.2 Å². The predicted octanol–water partition coefficient (Wildman–Crippen LogP) is 8.76. The number of amides is 4. The fourth-order valence-electron chi connectivity index (χ4n) is 7.14. The Labute approximate surface area is 305 Å². The molecule has 2 aliphatic heterocycles. The van der Waals surface area contributed by atoms with E-state index in [1.807, 2.05) is 0 Å². The summed E-state index contributed by atoms with van der Waals surface area (Å²) in [6.07, 6.45) is -10.0. The molecule has 0 aromatic heterocycles. The molecule has 0 fully saturated rings. The number of benzene rings is 4. The molecule has 54 heavy (non-hydrogen) atoms. The Bertz CT molecular complexity index is 2280. The van der Waals surface area contributed by atoms with Crippen molar-refractivity contribution in [2.75, 3.05) is 4.90 Å². The maximum absolute atomic E-state index is 15.1. The number of phenolic OH excluding ortho intramolecular Hbond substituents is 2. The topological polar surface area (TPSA) is 115 Å². The minimum Gasteiger partial charge on any atom is -0.508 e. The first-order valence-corrected chi connectivity index (χ1v) is 16.8. The quantitative estimate of drug-likeness (QED) is 0.144. The lowest BCUT2D eigenvalue weighted by atomic mass is 9.74. The van der Waals surface area contributed by atoms with E-state index in [0.717, 1.165) is 85.5 Å². The Balaban J connectivity index is 1.45. The van der Waals surface area contributed by atoms with Crippen LogP contribution in [0.15, 0.2) is 72.8 Å². The first-order chi connectivity index (χ1) is 25.0. The average molecular weight is 753 g/mol. The van der Waals surface area contributed by atoms with Gasteiger partial charge < -0.3 is 10.2 Å². The van der Waals surface area contributed by atoms with Crippen molar-refractivity contribution in [2.24, 2.45) is 0 Å². The average Bonchev–Trinajstić information content (AvgIpc) is 3.49. The Hall–Kier alpha value is -5.66. The Morgan fingerprint density at radius 1 is 0.519 bits per heavy atom. The van der Waals surface area contributed by atoms with E-state index in [0.29, 0.717) is 4.90 Å². The number of imide groups is 2. The smallest absolute Gasteiger partial charge is 0.402 e. The van der Waals surface area contributed by atoms with Crippen molar-refractivity contribution in [1.29, 1.82) is 0 Å². The highest BCUT2D eigenvalue weighted by Gasteiger charge is 2.56. The van der Waals surface area contributed by atoms with E-state index in [4.69, 9.17) is 0 Å². The molecule has 0 radical (unpaired) electrons. The zero-order chi connectivity index (χ0) is 40.0. The largest absolute Gasteiger partial charge is 0.508 e. The molecular formula is C40H34F6N2O6. The highest BCUT2D eigenvalue weighted by Crippen LogP contribution is 2.51. The third-order valence-electron chi connectivity index (χ3n) is 10.6. The molecule has 2 heterocycles. The molecule has 4 aromatic carbocycles. The molecular weight excluding hydrogens is 718 g/mol. The van der Waals surface area contributed by atoms with Gasteiger partial charge in [-0.2, -0.15) is 26.3 Å². The summed E-state index contributed by atoms with van der Waals surface area (Å²) in [7, 11) is 0. The number of aromatic hydroxyl groups is 2. The number of anilines is 1. The van der Waals surface area contributed by atoms with Crippen LogP contribution in [-0.2, 0) is 10.8 Å². The van der Waals surface area contributed by atoms with Gasteiger partial charge >= 0.3 is 12.4 Å². The second kappa shape index (κ2) is 12.5. The van der Waals surface area contributed by atoms with E-state index in [1.54, 1.807) is 27.7 Å². The number of nitrogens with zero attached hydrogens (tertiary/aromatic N) is 2. The van der Waals surface area contributed by atoms with Gasteiger partial charge in [-0.05, 0) is 104 Å². The Kier molecular flexibility index (Phi) is 8.78. The van der Waals surface area contributed by atoms with Crippen LogP contribution in [0.4, 0.5) is 32.0 Å². The number of hydrogen-bond donors (Lipinski definition) is 2. The summed E-state index contributed by atoms with van der Waals surface area (Å²) >= 11 is 0. The van der Waals surface area contributed by atoms with E-state index in [9.17, 15) is 29.4 Å². The Morgan fingerprint density at radius 3 is 1.39 bits per heavy atom. The molecule has 2 N–H and O–H groups in total. The lowest BCUT2D eigenvalue weighted by molar-refractivity contribution is -0.173. The maximum atomic E-state index is 15.1. The van der Waals surface area contributed by atoms with Crippen LogP contribution in [0.25, 0.3) is 0 Å². The van der Waals surface area contributed by atoms with Crippen molar-refractivity contribution in [3.63, 3.8) is 0 Å². The van der Waals surface area contributed by atoms with Gasteiger partial charge in [0.25, 0.3) is 23.6 Å². The van der Waals surface area contributed by atoms with Crippen molar-refractivity contribution in [3.05, 3.63) is 123 Å². The van der Waals surface area contributed by atoms with Crippen molar-refractivity contribution in [3.8, 4) is 11.5 Å². The van der Waals surface area contributed by atoms with Gasteiger partial charge in [0.15, 0.2) is 0 Å². The van der Waals surface area contributed by atoms with Crippen LogP contribution in [0.2, 0.25) is 0 Å². The monoisotopic (exact) mass is 752 g/mol. The van der Waals surface area contributed by atoms with Crippen molar-refractivity contribution in [1.82, 2.24) is 4.90 Å². The molecule has 0 saturated carbocycles. The highest BCUT2D eigenvalue weighted by molar-refractivity contribution is 6.35. The highest BCUT2D eigenvalue weighted by atomic mass is 19.4. The van der Waals surface area contributed by atoms with Gasteiger partial charge in [0.05, 0.1) is 27.9 Å². The predicted molar refractivity (Wildman–Crippen MR) is 185 cm³/mol. The normalized spacial score (nSPS) is 17.0. The molecule has 14 heteroatoms. The van der Waals surface area contributed by atoms with E-state index in [1.165, 1.54) is 6.07 Å². The number of fused-ring (bicyclic) bond motifs is 2.